The van der Waals surface area contributed by atoms with E-state index in [9.17, 15) is 13.6 Å². The minimum Gasteiger partial charge on any atom is -0.323 e. The molecule has 2 nitrogen and oxygen atoms in total. The average molecular weight is 295 g/mol. The first-order valence-corrected chi connectivity index (χ1v) is 7.64. The van der Waals surface area contributed by atoms with Crippen molar-refractivity contribution in [2.45, 2.75) is 40.0 Å². The van der Waals surface area contributed by atoms with E-state index in [0.29, 0.717) is 17.8 Å². The molecule has 0 bridgehead atoms. The Balaban J connectivity index is 2.13. The van der Waals surface area contributed by atoms with Crippen LogP contribution in [0, 0.1) is 35.3 Å². The molecule has 0 radical (unpaired) electrons. The van der Waals surface area contributed by atoms with Gasteiger partial charge in [-0.3, -0.25) is 4.79 Å². The molecule has 0 unspecified atom stereocenters. The molecular weight excluding hydrogens is 272 g/mol. The van der Waals surface area contributed by atoms with Crippen LogP contribution in [0.4, 0.5) is 14.5 Å². The van der Waals surface area contributed by atoms with Crippen LogP contribution in [0.15, 0.2) is 18.2 Å². The average Bonchev–Trinajstić information content (AvgIpc) is 2.41. The van der Waals surface area contributed by atoms with Crippen molar-refractivity contribution in [3.8, 4) is 0 Å². The molecule has 1 aliphatic carbocycles. The van der Waals surface area contributed by atoms with Gasteiger partial charge in [0.2, 0.25) is 5.91 Å². The van der Waals surface area contributed by atoms with Crippen molar-refractivity contribution in [1.82, 2.24) is 0 Å². The van der Waals surface area contributed by atoms with E-state index >= 15 is 0 Å². The third kappa shape index (κ3) is 3.80. The van der Waals surface area contributed by atoms with E-state index in [0.717, 1.165) is 31.4 Å². The van der Waals surface area contributed by atoms with Crippen LogP contribution < -0.4 is 5.32 Å². The molecule has 1 N–H and O–H groups in total. The highest BCUT2D eigenvalue weighted by Crippen LogP contribution is 2.38. The second kappa shape index (κ2) is 6.54. The lowest BCUT2D eigenvalue weighted by Crippen LogP contribution is -2.36. The first kappa shape index (κ1) is 15.9. The molecule has 1 saturated carbocycles. The molecule has 21 heavy (non-hydrogen) atoms. The van der Waals surface area contributed by atoms with Gasteiger partial charge in [0.15, 0.2) is 0 Å². The normalized spacial score (nSPS) is 25.9. The Morgan fingerprint density at radius 2 is 2.00 bits per heavy atom. The maximum absolute atomic E-state index is 13.7. The fourth-order valence-corrected chi connectivity index (χ4v) is 3.32. The Morgan fingerprint density at radius 3 is 2.62 bits per heavy atom. The van der Waals surface area contributed by atoms with Crippen LogP contribution in [0.1, 0.15) is 40.0 Å². The maximum atomic E-state index is 13.7. The summed E-state index contributed by atoms with van der Waals surface area (Å²) in [6, 6.07) is 3.22. The highest BCUT2D eigenvalue weighted by Gasteiger charge is 2.35. The quantitative estimate of drug-likeness (QED) is 0.866. The first-order chi connectivity index (χ1) is 9.88. The number of rotatable bonds is 3. The Morgan fingerprint density at radius 1 is 1.29 bits per heavy atom. The minimum absolute atomic E-state index is 0.0575. The van der Waals surface area contributed by atoms with Gasteiger partial charge in [-0.25, -0.2) is 8.78 Å². The topological polar surface area (TPSA) is 29.1 Å². The van der Waals surface area contributed by atoms with Crippen molar-refractivity contribution in [2.24, 2.45) is 23.7 Å². The van der Waals surface area contributed by atoms with Crippen LogP contribution >= 0.6 is 0 Å². The number of hydrogen-bond acceptors (Lipinski definition) is 1. The molecule has 116 valence electrons. The van der Waals surface area contributed by atoms with Gasteiger partial charge in [0, 0.05) is 12.0 Å². The summed E-state index contributed by atoms with van der Waals surface area (Å²) in [6.07, 6.45) is 3.00. The number of carbonyl (C=O) groups excluding carboxylic acids is 1. The summed E-state index contributed by atoms with van der Waals surface area (Å²) < 4.78 is 26.6. The van der Waals surface area contributed by atoms with Crippen molar-refractivity contribution in [3.05, 3.63) is 29.8 Å². The summed E-state index contributed by atoms with van der Waals surface area (Å²) in [4.78, 5) is 12.5. The molecule has 1 aromatic rings. The highest BCUT2D eigenvalue weighted by molar-refractivity contribution is 5.92. The van der Waals surface area contributed by atoms with Crippen LogP contribution in [-0.4, -0.2) is 5.91 Å². The van der Waals surface area contributed by atoms with Crippen LogP contribution in [0.3, 0.4) is 0 Å². The lowest BCUT2D eigenvalue weighted by Gasteiger charge is -2.36. The summed E-state index contributed by atoms with van der Waals surface area (Å²) in [5.41, 5.74) is 0.0575. The van der Waals surface area contributed by atoms with E-state index < -0.39 is 11.6 Å². The zero-order chi connectivity index (χ0) is 15.6. The third-order valence-corrected chi connectivity index (χ3v) is 4.55. The molecule has 4 heteroatoms. The Bertz CT molecular complexity index is 516. The molecule has 0 aromatic heterocycles. The van der Waals surface area contributed by atoms with Crippen molar-refractivity contribution in [1.29, 1.82) is 0 Å². The van der Waals surface area contributed by atoms with Gasteiger partial charge in [0.05, 0.1) is 5.69 Å². The van der Waals surface area contributed by atoms with E-state index in [4.69, 9.17) is 0 Å². The maximum Gasteiger partial charge on any atom is 0.227 e. The molecule has 1 aliphatic rings. The van der Waals surface area contributed by atoms with Crippen molar-refractivity contribution in [2.75, 3.05) is 5.32 Å². The summed E-state index contributed by atoms with van der Waals surface area (Å²) in [5, 5.41) is 2.63. The van der Waals surface area contributed by atoms with Gasteiger partial charge in [-0.1, -0.05) is 27.2 Å². The predicted octanol–water partition coefficient (Wildman–Crippen LogP) is 4.61. The number of anilines is 1. The third-order valence-electron chi connectivity index (χ3n) is 4.55. The fourth-order valence-electron chi connectivity index (χ4n) is 3.32. The largest absolute Gasteiger partial charge is 0.323 e. The number of benzene rings is 1. The van der Waals surface area contributed by atoms with Gasteiger partial charge in [0.1, 0.15) is 11.6 Å². The van der Waals surface area contributed by atoms with Crippen molar-refractivity contribution < 1.29 is 13.6 Å². The Labute approximate surface area is 124 Å². The SMILES string of the molecule is CC(C)[C@@H]1CC[C@@H](C)C[C@H]1C(=O)Nc1ccc(F)cc1F. The Kier molecular flexibility index (Phi) is 4.96. The molecule has 0 spiro atoms. The number of nitrogens with one attached hydrogen (secondary N) is 1. The van der Waals surface area contributed by atoms with E-state index in [1.165, 1.54) is 6.07 Å². The van der Waals surface area contributed by atoms with Crippen LogP contribution in [-0.2, 0) is 4.79 Å². The lowest BCUT2D eigenvalue weighted by atomic mass is 9.70. The summed E-state index contributed by atoms with van der Waals surface area (Å²) in [6.45, 7) is 6.40. The zero-order valence-corrected chi connectivity index (χ0v) is 12.8. The van der Waals surface area contributed by atoms with Gasteiger partial charge in [-0.05, 0) is 42.7 Å². The molecule has 0 saturated heterocycles. The predicted molar refractivity (Wildman–Crippen MR) is 79.8 cm³/mol. The lowest BCUT2D eigenvalue weighted by molar-refractivity contribution is -0.124. The zero-order valence-electron chi connectivity index (χ0n) is 12.8. The first-order valence-electron chi connectivity index (χ1n) is 7.64. The van der Waals surface area contributed by atoms with Gasteiger partial charge in [0.25, 0.3) is 0 Å². The molecule has 0 heterocycles. The molecule has 1 fully saturated rings. The van der Waals surface area contributed by atoms with Crippen LogP contribution in [0.25, 0.3) is 0 Å². The summed E-state index contributed by atoms with van der Waals surface area (Å²) in [7, 11) is 0. The molecule has 3 atom stereocenters. The highest BCUT2D eigenvalue weighted by atomic mass is 19.1. The van der Waals surface area contributed by atoms with Gasteiger partial charge < -0.3 is 5.32 Å². The monoisotopic (exact) mass is 295 g/mol. The van der Waals surface area contributed by atoms with Gasteiger partial charge in [-0.15, -0.1) is 0 Å². The number of carbonyl (C=O) groups is 1. The van der Waals surface area contributed by atoms with Crippen LogP contribution in [0.5, 0.6) is 0 Å². The van der Waals surface area contributed by atoms with E-state index in [2.05, 4.69) is 26.1 Å². The van der Waals surface area contributed by atoms with Crippen LogP contribution in [0.2, 0.25) is 0 Å². The molecule has 1 amide bonds. The Hall–Kier alpha value is -1.45. The number of halogens is 2. The van der Waals surface area contributed by atoms with E-state index in [1.807, 2.05) is 0 Å². The summed E-state index contributed by atoms with van der Waals surface area (Å²) >= 11 is 0. The summed E-state index contributed by atoms with van der Waals surface area (Å²) in [5.74, 6) is -0.362. The molecular formula is C17H23F2NO. The van der Waals surface area contributed by atoms with Gasteiger partial charge in [-0.2, -0.15) is 0 Å². The fraction of sp³-hybridized carbons (Fsp3) is 0.588. The second-order valence-corrected chi connectivity index (χ2v) is 6.55. The second-order valence-electron chi connectivity index (χ2n) is 6.55. The molecule has 2 rings (SSSR count). The van der Waals surface area contributed by atoms with Crippen molar-refractivity contribution >= 4 is 11.6 Å². The number of hydrogen-bond donors (Lipinski definition) is 1. The van der Waals surface area contributed by atoms with Crippen molar-refractivity contribution in [3.63, 3.8) is 0 Å². The standard InChI is InChI=1S/C17H23F2NO/c1-10(2)13-6-4-11(3)8-14(13)17(21)20-16-7-5-12(18)9-15(16)19/h5,7,9-11,13-14H,4,6,8H2,1-3H3,(H,20,21)/t11-,13+,14-/m1/s1. The smallest absolute Gasteiger partial charge is 0.227 e. The van der Waals surface area contributed by atoms with E-state index in [-0.39, 0.29) is 17.5 Å². The van der Waals surface area contributed by atoms with E-state index in [1.54, 1.807) is 0 Å². The molecule has 1 aromatic carbocycles. The number of amides is 1. The van der Waals surface area contributed by atoms with Gasteiger partial charge >= 0.3 is 0 Å². The molecule has 0 aliphatic heterocycles. The minimum atomic E-state index is -0.728.